The Kier molecular flexibility index (Phi) is 4.22. The van der Waals surface area contributed by atoms with Crippen molar-refractivity contribution >= 4 is 5.91 Å². The molecule has 26 heavy (non-hydrogen) atoms. The Labute approximate surface area is 150 Å². The van der Waals surface area contributed by atoms with Gasteiger partial charge in [-0.2, -0.15) is 5.10 Å². The van der Waals surface area contributed by atoms with E-state index in [2.05, 4.69) is 22.0 Å². The van der Waals surface area contributed by atoms with Gasteiger partial charge in [0.05, 0.1) is 17.5 Å². The number of halogens is 2. The van der Waals surface area contributed by atoms with Crippen molar-refractivity contribution in [3.8, 4) is 5.82 Å². The quantitative estimate of drug-likeness (QED) is 0.822. The van der Waals surface area contributed by atoms with Gasteiger partial charge in [-0.15, -0.1) is 0 Å². The lowest BCUT2D eigenvalue weighted by molar-refractivity contribution is -0.0494. The number of likely N-dealkylation sites (N-methyl/N-ethyl adjacent to an activating group) is 1. The van der Waals surface area contributed by atoms with Gasteiger partial charge in [-0.3, -0.25) is 4.79 Å². The molecule has 2 aliphatic heterocycles. The molecule has 2 aromatic heterocycles. The largest absolute Gasteiger partial charge is 0.338 e. The van der Waals surface area contributed by atoms with E-state index in [1.807, 2.05) is 10.9 Å². The highest BCUT2D eigenvalue weighted by atomic mass is 19.3. The number of likely N-dealkylation sites (tertiary alicyclic amines) is 1. The molecule has 1 amide bonds. The van der Waals surface area contributed by atoms with Crippen molar-refractivity contribution < 1.29 is 13.6 Å². The molecule has 1 fully saturated rings. The summed E-state index contributed by atoms with van der Waals surface area (Å²) in [7, 11) is 2.08. The van der Waals surface area contributed by atoms with Crippen LogP contribution in [-0.2, 0) is 13.0 Å². The van der Waals surface area contributed by atoms with Gasteiger partial charge in [0.25, 0.3) is 11.8 Å². The maximum absolute atomic E-state index is 13.3. The Bertz CT molecular complexity index is 807. The fourth-order valence-corrected chi connectivity index (χ4v) is 3.53. The minimum atomic E-state index is -2.66. The summed E-state index contributed by atoms with van der Waals surface area (Å²) >= 11 is 0. The van der Waals surface area contributed by atoms with Crippen molar-refractivity contribution in [1.82, 2.24) is 24.6 Å². The summed E-state index contributed by atoms with van der Waals surface area (Å²) in [5.41, 5.74) is 2.75. The van der Waals surface area contributed by atoms with Gasteiger partial charge in [0, 0.05) is 57.2 Å². The number of aromatic nitrogens is 3. The summed E-state index contributed by atoms with van der Waals surface area (Å²) in [6.45, 7) is 1.99. The predicted octanol–water partition coefficient (Wildman–Crippen LogP) is 2.13. The molecule has 0 atom stereocenters. The normalized spacial score (nSPS) is 20.0. The van der Waals surface area contributed by atoms with Crippen LogP contribution in [-0.4, -0.2) is 63.1 Å². The van der Waals surface area contributed by atoms with Crippen LogP contribution in [0.25, 0.3) is 5.82 Å². The third-order valence-corrected chi connectivity index (χ3v) is 5.12. The molecule has 138 valence electrons. The number of carbonyl (C=O) groups is 1. The fourth-order valence-electron chi connectivity index (χ4n) is 3.53. The zero-order chi connectivity index (χ0) is 18.3. The number of nitrogens with zero attached hydrogens (tertiary/aromatic N) is 5. The number of alkyl halides is 2. The number of rotatable bonds is 2. The minimum Gasteiger partial charge on any atom is -0.338 e. The first-order valence-electron chi connectivity index (χ1n) is 8.81. The molecule has 0 bridgehead atoms. The van der Waals surface area contributed by atoms with Crippen LogP contribution in [0.15, 0.2) is 24.5 Å². The highest BCUT2D eigenvalue weighted by molar-refractivity contribution is 5.94. The van der Waals surface area contributed by atoms with Crippen molar-refractivity contribution in [1.29, 1.82) is 0 Å². The van der Waals surface area contributed by atoms with E-state index in [0.29, 0.717) is 11.4 Å². The number of hydrogen-bond donors (Lipinski definition) is 0. The first-order valence-corrected chi connectivity index (χ1v) is 8.81. The van der Waals surface area contributed by atoms with Crippen LogP contribution in [0.1, 0.15) is 34.5 Å². The second kappa shape index (κ2) is 6.42. The molecular weight excluding hydrogens is 340 g/mol. The summed E-state index contributed by atoms with van der Waals surface area (Å²) in [6.07, 6.45) is 3.71. The van der Waals surface area contributed by atoms with Gasteiger partial charge in [0.2, 0.25) is 0 Å². The Morgan fingerprint density at radius 2 is 1.92 bits per heavy atom. The van der Waals surface area contributed by atoms with Gasteiger partial charge in [0.1, 0.15) is 0 Å². The Morgan fingerprint density at radius 3 is 2.62 bits per heavy atom. The van der Waals surface area contributed by atoms with E-state index in [9.17, 15) is 13.6 Å². The minimum absolute atomic E-state index is 0.0771. The Hall–Kier alpha value is -2.35. The highest BCUT2D eigenvalue weighted by Crippen LogP contribution is 2.28. The number of hydrogen-bond acceptors (Lipinski definition) is 4. The molecule has 2 aromatic rings. The fraction of sp³-hybridized carbons (Fsp3) is 0.500. The van der Waals surface area contributed by atoms with E-state index in [-0.39, 0.29) is 31.8 Å². The molecule has 0 aliphatic carbocycles. The maximum atomic E-state index is 13.3. The Balaban J connectivity index is 1.50. The standard InChI is InChI=1S/C18H21F2N5O/c1-23-7-4-15-14(12-23)11-22-25(15)16-3-2-13(10-21-16)17(26)24-8-5-18(19,20)6-9-24/h2-3,10-11H,4-9,12H2,1H3. The summed E-state index contributed by atoms with van der Waals surface area (Å²) in [4.78, 5) is 20.6. The molecule has 0 aromatic carbocycles. The second-order valence-electron chi connectivity index (χ2n) is 7.07. The first kappa shape index (κ1) is 17.1. The predicted molar refractivity (Wildman–Crippen MR) is 91.5 cm³/mol. The van der Waals surface area contributed by atoms with Crippen LogP contribution in [0.2, 0.25) is 0 Å². The first-order chi connectivity index (χ1) is 12.4. The molecule has 6 nitrogen and oxygen atoms in total. The van der Waals surface area contributed by atoms with Crippen LogP contribution >= 0.6 is 0 Å². The lowest BCUT2D eigenvalue weighted by Crippen LogP contribution is -2.42. The number of pyridine rings is 1. The van der Waals surface area contributed by atoms with Gasteiger partial charge in [-0.25, -0.2) is 18.4 Å². The topological polar surface area (TPSA) is 54.3 Å². The maximum Gasteiger partial charge on any atom is 0.255 e. The number of amides is 1. The van der Waals surface area contributed by atoms with Crippen molar-refractivity contribution in [3.05, 3.63) is 41.3 Å². The van der Waals surface area contributed by atoms with Crippen LogP contribution in [0, 0.1) is 0 Å². The zero-order valence-electron chi connectivity index (χ0n) is 14.7. The highest BCUT2D eigenvalue weighted by Gasteiger charge is 2.35. The molecule has 1 saturated heterocycles. The van der Waals surface area contributed by atoms with E-state index in [0.717, 1.165) is 25.2 Å². The lowest BCUT2D eigenvalue weighted by atomic mass is 10.1. The van der Waals surface area contributed by atoms with Gasteiger partial charge in [-0.05, 0) is 19.2 Å². The van der Waals surface area contributed by atoms with Crippen LogP contribution < -0.4 is 0 Å². The van der Waals surface area contributed by atoms with Gasteiger partial charge < -0.3 is 9.80 Å². The van der Waals surface area contributed by atoms with Crippen molar-refractivity contribution in [2.75, 3.05) is 26.7 Å². The van der Waals surface area contributed by atoms with Crippen LogP contribution in [0.3, 0.4) is 0 Å². The molecule has 2 aliphatic rings. The monoisotopic (exact) mass is 361 g/mol. The van der Waals surface area contributed by atoms with E-state index in [4.69, 9.17) is 0 Å². The molecule has 0 N–H and O–H groups in total. The van der Waals surface area contributed by atoms with Crippen LogP contribution in [0.4, 0.5) is 8.78 Å². The third-order valence-electron chi connectivity index (χ3n) is 5.12. The average Bonchev–Trinajstić information content (AvgIpc) is 3.04. The van der Waals surface area contributed by atoms with Crippen molar-refractivity contribution in [2.45, 2.75) is 31.7 Å². The molecule has 4 heterocycles. The van der Waals surface area contributed by atoms with E-state index in [1.54, 1.807) is 12.1 Å². The van der Waals surface area contributed by atoms with Gasteiger partial charge in [-0.1, -0.05) is 0 Å². The molecular formula is C18H21F2N5O. The summed E-state index contributed by atoms with van der Waals surface area (Å²) in [5, 5.41) is 4.43. The summed E-state index contributed by atoms with van der Waals surface area (Å²) in [6, 6.07) is 3.46. The van der Waals surface area contributed by atoms with Crippen LogP contribution in [0.5, 0.6) is 0 Å². The van der Waals surface area contributed by atoms with Gasteiger partial charge in [0.15, 0.2) is 5.82 Å². The van der Waals surface area contributed by atoms with Gasteiger partial charge >= 0.3 is 0 Å². The molecule has 0 spiro atoms. The van der Waals surface area contributed by atoms with Crippen molar-refractivity contribution in [2.24, 2.45) is 0 Å². The summed E-state index contributed by atoms with van der Waals surface area (Å²) in [5.74, 6) is -2.24. The lowest BCUT2D eigenvalue weighted by Gasteiger charge is -2.31. The number of carbonyl (C=O) groups excluding carboxylic acids is 1. The molecule has 4 rings (SSSR count). The smallest absolute Gasteiger partial charge is 0.255 e. The number of fused-ring (bicyclic) bond motifs is 1. The zero-order valence-corrected chi connectivity index (χ0v) is 14.7. The van der Waals surface area contributed by atoms with Crippen molar-refractivity contribution in [3.63, 3.8) is 0 Å². The molecule has 0 unspecified atom stereocenters. The molecule has 8 heteroatoms. The SMILES string of the molecule is CN1CCc2c(cnn2-c2ccc(C(=O)N3CCC(F)(F)CC3)cn2)C1. The number of piperidine rings is 1. The summed E-state index contributed by atoms with van der Waals surface area (Å²) < 4.78 is 28.3. The van der Waals surface area contributed by atoms with E-state index in [1.165, 1.54) is 16.7 Å². The van der Waals surface area contributed by atoms with E-state index < -0.39 is 5.92 Å². The molecule has 0 saturated carbocycles. The van der Waals surface area contributed by atoms with E-state index >= 15 is 0 Å². The average molecular weight is 361 g/mol. The molecule has 0 radical (unpaired) electrons. The third kappa shape index (κ3) is 3.21. The Morgan fingerprint density at radius 1 is 1.15 bits per heavy atom. The second-order valence-corrected chi connectivity index (χ2v) is 7.07.